The first-order valence-corrected chi connectivity index (χ1v) is 6.16. The van der Waals surface area contributed by atoms with Gasteiger partial charge in [-0.3, -0.25) is 9.48 Å². The summed E-state index contributed by atoms with van der Waals surface area (Å²) >= 11 is 0. The average molecular weight is 236 g/mol. The van der Waals surface area contributed by atoms with Gasteiger partial charge in [-0.1, -0.05) is 19.8 Å². The van der Waals surface area contributed by atoms with E-state index < -0.39 is 5.54 Å². The number of hydrogen-bond donors (Lipinski definition) is 1. The van der Waals surface area contributed by atoms with E-state index in [0.29, 0.717) is 18.2 Å². The van der Waals surface area contributed by atoms with Gasteiger partial charge < -0.3 is 5.73 Å². The molecule has 1 heterocycles. The lowest BCUT2D eigenvalue weighted by atomic mass is 9.74. The molecule has 0 spiro atoms. The van der Waals surface area contributed by atoms with E-state index in [1.165, 1.54) is 12.7 Å². The molecule has 2 atom stereocenters. The maximum atomic E-state index is 12.3. The fraction of sp³-hybridized carbons (Fsp3) is 0.750. The molecule has 0 aliphatic heterocycles. The van der Waals surface area contributed by atoms with E-state index in [9.17, 15) is 4.79 Å². The van der Waals surface area contributed by atoms with Crippen LogP contribution in [0, 0.1) is 5.92 Å². The highest BCUT2D eigenvalue weighted by Gasteiger charge is 2.37. The Balaban J connectivity index is 2.07. The van der Waals surface area contributed by atoms with Crippen LogP contribution < -0.4 is 5.73 Å². The van der Waals surface area contributed by atoms with Gasteiger partial charge in [-0.2, -0.15) is 5.10 Å². The first kappa shape index (κ1) is 12.2. The number of nitrogens with two attached hydrogens (primary N) is 1. The number of carbonyl (C=O) groups is 1. The van der Waals surface area contributed by atoms with Crippen molar-refractivity contribution in [3.05, 3.63) is 12.2 Å². The summed E-state index contributed by atoms with van der Waals surface area (Å²) < 4.78 is 1.63. The zero-order valence-corrected chi connectivity index (χ0v) is 10.5. The van der Waals surface area contributed by atoms with Crippen molar-refractivity contribution in [3.8, 4) is 0 Å². The summed E-state index contributed by atoms with van der Waals surface area (Å²) in [5.41, 5.74) is 5.60. The summed E-state index contributed by atoms with van der Waals surface area (Å²) in [6.45, 7) is 2.16. The summed E-state index contributed by atoms with van der Waals surface area (Å²) in [6, 6.07) is 0. The fourth-order valence-corrected chi connectivity index (χ4v) is 2.64. The SMILES string of the molecule is CC1CCCC(N)(C(=O)Cc2ncnn2C)C1. The van der Waals surface area contributed by atoms with Crippen LogP contribution in [0.4, 0.5) is 0 Å². The molecule has 0 radical (unpaired) electrons. The Morgan fingerprint density at radius 3 is 3.06 bits per heavy atom. The van der Waals surface area contributed by atoms with Crippen LogP contribution in [-0.4, -0.2) is 26.1 Å². The maximum absolute atomic E-state index is 12.3. The van der Waals surface area contributed by atoms with E-state index in [1.807, 2.05) is 0 Å². The Hall–Kier alpha value is -1.23. The second-order valence-corrected chi connectivity index (χ2v) is 5.26. The highest BCUT2D eigenvalue weighted by Crippen LogP contribution is 2.31. The van der Waals surface area contributed by atoms with Gasteiger partial charge in [-0.15, -0.1) is 0 Å². The van der Waals surface area contributed by atoms with E-state index in [0.717, 1.165) is 19.3 Å². The minimum Gasteiger partial charge on any atom is -0.319 e. The molecule has 1 aromatic heterocycles. The molecule has 0 bridgehead atoms. The lowest BCUT2D eigenvalue weighted by Gasteiger charge is -2.35. The first-order valence-electron chi connectivity index (χ1n) is 6.16. The molecule has 2 rings (SSSR count). The van der Waals surface area contributed by atoms with Crippen LogP contribution >= 0.6 is 0 Å². The number of aromatic nitrogens is 3. The van der Waals surface area contributed by atoms with Crippen LogP contribution in [0.2, 0.25) is 0 Å². The van der Waals surface area contributed by atoms with E-state index >= 15 is 0 Å². The second-order valence-electron chi connectivity index (χ2n) is 5.26. The molecule has 0 aromatic carbocycles. The molecule has 17 heavy (non-hydrogen) atoms. The van der Waals surface area contributed by atoms with Gasteiger partial charge in [-0.05, 0) is 18.8 Å². The van der Waals surface area contributed by atoms with Crippen molar-refractivity contribution in [3.63, 3.8) is 0 Å². The summed E-state index contributed by atoms with van der Waals surface area (Å²) in [6.07, 6.45) is 5.57. The van der Waals surface area contributed by atoms with E-state index in [1.54, 1.807) is 11.7 Å². The molecule has 1 aromatic rings. The van der Waals surface area contributed by atoms with Gasteiger partial charge in [0.25, 0.3) is 0 Å². The largest absolute Gasteiger partial charge is 0.319 e. The van der Waals surface area contributed by atoms with Crippen molar-refractivity contribution in [2.45, 2.75) is 44.6 Å². The molecule has 1 fully saturated rings. The van der Waals surface area contributed by atoms with E-state index in [-0.39, 0.29) is 5.78 Å². The second kappa shape index (κ2) is 4.56. The van der Waals surface area contributed by atoms with Crippen LogP contribution in [0.15, 0.2) is 6.33 Å². The lowest BCUT2D eigenvalue weighted by molar-refractivity contribution is -0.125. The Morgan fingerprint density at radius 1 is 1.71 bits per heavy atom. The molecule has 5 nitrogen and oxygen atoms in total. The molecule has 1 aliphatic rings. The Labute approximate surface area is 101 Å². The van der Waals surface area contributed by atoms with Crippen LogP contribution in [0.1, 0.15) is 38.4 Å². The molecular formula is C12H20N4O. The van der Waals surface area contributed by atoms with Crippen molar-refractivity contribution in [2.75, 3.05) is 0 Å². The molecule has 1 saturated carbocycles. The van der Waals surface area contributed by atoms with Gasteiger partial charge in [0.1, 0.15) is 12.2 Å². The molecule has 94 valence electrons. The molecule has 5 heteroatoms. The van der Waals surface area contributed by atoms with Crippen LogP contribution in [0.3, 0.4) is 0 Å². The van der Waals surface area contributed by atoms with Crippen molar-refractivity contribution < 1.29 is 4.79 Å². The zero-order chi connectivity index (χ0) is 12.5. The van der Waals surface area contributed by atoms with Crippen LogP contribution in [0.25, 0.3) is 0 Å². The highest BCUT2D eigenvalue weighted by atomic mass is 16.1. The summed E-state index contributed by atoms with van der Waals surface area (Å²) in [5, 5.41) is 3.97. The van der Waals surface area contributed by atoms with Crippen LogP contribution in [-0.2, 0) is 18.3 Å². The van der Waals surface area contributed by atoms with Gasteiger partial charge in [0, 0.05) is 7.05 Å². The molecule has 2 unspecified atom stereocenters. The number of ketones is 1. The third-order valence-corrected chi connectivity index (χ3v) is 3.71. The topological polar surface area (TPSA) is 73.8 Å². The molecule has 2 N–H and O–H groups in total. The van der Waals surface area contributed by atoms with E-state index in [2.05, 4.69) is 17.0 Å². The average Bonchev–Trinajstić information content (AvgIpc) is 2.64. The van der Waals surface area contributed by atoms with Gasteiger partial charge >= 0.3 is 0 Å². The Bertz CT molecular complexity index is 414. The predicted octanol–water partition coefficient (Wildman–Crippen LogP) is 0.834. The molecule has 0 amide bonds. The number of carbonyl (C=O) groups excluding carboxylic acids is 1. The zero-order valence-electron chi connectivity index (χ0n) is 10.5. The van der Waals surface area contributed by atoms with Crippen molar-refractivity contribution in [1.29, 1.82) is 0 Å². The standard InChI is InChI=1S/C12H20N4O/c1-9-4-3-5-12(13,7-9)10(17)6-11-14-8-15-16(11)2/h8-9H,3-7,13H2,1-2H3. The number of rotatable bonds is 3. The Morgan fingerprint density at radius 2 is 2.47 bits per heavy atom. The van der Waals surface area contributed by atoms with Gasteiger partial charge in [0.15, 0.2) is 5.78 Å². The number of Topliss-reactive ketones (excluding diaryl/α,β-unsaturated/α-hetero) is 1. The summed E-state index contributed by atoms with van der Waals surface area (Å²) in [5.74, 6) is 1.33. The van der Waals surface area contributed by atoms with Crippen molar-refractivity contribution >= 4 is 5.78 Å². The summed E-state index contributed by atoms with van der Waals surface area (Å²) in [7, 11) is 1.79. The molecule has 0 saturated heterocycles. The highest BCUT2D eigenvalue weighted by molar-refractivity contribution is 5.89. The number of aryl methyl sites for hydroxylation is 1. The Kier molecular flexibility index (Phi) is 3.28. The van der Waals surface area contributed by atoms with Crippen molar-refractivity contribution in [2.24, 2.45) is 18.7 Å². The number of hydrogen-bond acceptors (Lipinski definition) is 4. The maximum Gasteiger partial charge on any atom is 0.160 e. The first-order chi connectivity index (χ1) is 8.01. The van der Waals surface area contributed by atoms with E-state index in [4.69, 9.17) is 5.73 Å². The van der Waals surface area contributed by atoms with Crippen LogP contribution in [0.5, 0.6) is 0 Å². The predicted molar refractivity (Wildman–Crippen MR) is 64.3 cm³/mol. The smallest absolute Gasteiger partial charge is 0.160 e. The molecule has 1 aliphatic carbocycles. The van der Waals surface area contributed by atoms with Crippen molar-refractivity contribution in [1.82, 2.24) is 14.8 Å². The number of nitrogens with zero attached hydrogens (tertiary/aromatic N) is 3. The quantitative estimate of drug-likeness (QED) is 0.843. The monoisotopic (exact) mass is 236 g/mol. The third kappa shape index (κ3) is 2.54. The van der Waals surface area contributed by atoms with Gasteiger partial charge in [0.05, 0.1) is 12.0 Å². The summed E-state index contributed by atoms with van der Waals surface area (Å²) in [4.78, 5) is 16.4. The minimum atomic E-state index is -0.649. The lowest BCUT2D eigenvalue weighted by Crippen LogP contribution is -2.51. The molecular weight excluding hydrogens is 216 g/mol. The van der Waals surface area contributed by atoms with Gasteiger partial charge in [0.2, 0.25) is 0 Å². The fourth-order valence-electron chi connectivity index (χ4n) is 2.64. The third-order valence-electron chi connectivity index (χ3n) is 3.71. The van der Waals surface area contributed by atoms with Gasteiger partial charge in [-0.25, -0.2) is 4.98 Å². The normalized spacial score (nSPS) is 29.2. The minimum absolute atomic E-state index is 0.0974.